The van der Waals surface area contributed by atoms with Crippen LogP contribution in [0, 0.1) is 6.92 Å². The van der Waals surface area contributed by atoms with Crippen molar-refractivity contribution in [2.75, 3.05) is 6.61 Å². The fourth-order valence-electron chi connectivity index (χ4n) is 2.33. The molecule has 4 heteroatoms. The van der Waals surface area contributed by atoms with Gasteiger partial charge in [0.25, 0.3) is 5.91 Å². The van der Waals surface area contributed by atoms with Gasteiger partial charge in [-0.15, -0.1) is 0 Å². The predicted octanol–water partition coefficient (Wildman–Crippen LogP) is 4.50. The molecule has 25 heavy (non-hydrogen) atoms. The van der Waals surface area contributed by atoms with Gasteiger partial charge in [0.15, 0.2) is 0 Å². The minimum absolute atomic E-state index is 0.0750. The lowest BCUT2D eigenvalue weighted by molar-refractivity contribution is 0.0939. The van der Waals surface area contributed by atoms with Crippen molar-refractivity contribution >= 4 is 5.91 Å². The molecule has 0 aliphatic rings. The second kappa shape index (κ2) is 9.11. The van der Waals surface area contributed by atoms with Gasteiger partial charge in [0.05, 0.1) is 6.61 Å². The van der Waals surface area contributed by atoms with Crippen molar-refractivity contribution in [1.82, 2.24) is 5.32 Å². The van der Waals surface area contributed by atoms with Crippen LogP contribution in [0.4, 0.5) is 0 Å². The van der Waals surface area contributed by atoms with E-state index in [1.807, 2.05) is 64.1 Å². The Morgan fingerprint density at radius 2 is 1.80 bits per heavy atom. The minimum Gasteiger partial charge on any atom is -0.493 e. The number of hydrogen-bond donors (Lipinski definition) is 1. The number of carbonyl (C=O) groups is 1. The van der Waals surface area contributed by atoms with Gasteiger partial charge in [-0.3, -0.25) is 4.79 Å². The molecule has 1 amide bonds. The van der Waals surface area contributed by atoms with E-state index in [-0.39, 0.29) is 11.9 Å². The van der Waals surface area contributed by atoms with Crippen molar-refractivity contribution in [2.45, 2.75) is 46.8 Å². The molecule has 0 aliphatic heterocycles. The van der Waals surface area contributed by atoms with Gasteiger partial charge < -0.3 is 14.8 Å². The first-order valence-electron chi connectivity index (χ1n) is 8.79. The summed E-state index contributed by atoms with van der Waals surface area (Å²) in [5.41, 5.74) is 2.66. The molecular formula is C21H27NO3. The average Bonchev–Trinajstić information content (AvgIpc) is 2.62. The molecule has 0 radical (unpaired) electrons. The normalized spacial score (nSPS) is 11.7. The highest BCUT2D eigenvalue weighted by Gasteiger charge is 2.13. The molecule has 0 spiro atoms. The Bertz CT molecular complexity index is 695. The zero-order valence-corrected chi connectivity index (χ0v) is 15.5. The smallest absolute Gasteiger partial charge is 0.251 e. The fourth-order valence-corrected chi connectivity index (χ4v) is 2.33. The van der Waals surface area contributed by atoms with Crippen molar-refractivity contribution in [3.05, 3.63) is 59.2 Å². The first-order chi connectivity index (χ1) is 12.0. The molecule has 0 aliphatic carbocycles. The van der Waals surface area contributed by atoms with Gasteiger partial charge in [0.2, 0.25) is 0 Å². The highest BCUT2D eigenvalue weighted by Crippen LogP contribution is 2.23. The Balaban J connectivity index is 2.16. The predicted molar refractivity (Wildman–Crippen MR) is 100 cm³/mol. The summed E-state index contributed by atoms with van der Waals surface area (Å²) in [6.07, 6.45) is 0.895. The van der Waals surface area contributed by atoms with E-state index >= 15 is 0 Å². The van der Waals surface area contributed by atoms with E-state index in [0.717, 1.165) is 23.5 Å². The number of nitrogens with one attached hydrogen (secondary N) is 1. The number of rotatable bonds is 8. The number of benzene rings is 2. The molecule has 1 unspecified atom stereocenters. The summed E-state index contributed by atoms with van der Waals surface area (Å²) in [4.78, 5) is 12.4. The maximum absolute atomic E-state index is 12.4. The molecule has 134 valence electrons. The molecule has 4 nitrogen and oxygen atoms in total. The highest BCUT2D eigenvalue weighted by molar-refractivity contribution is 5.94. The largest absolute Gasteiger partial charge is 0.493 e. The standard InChI is InChI=1S/C21H27NO3/c1-5-16(4)22-21(23)17-9-12-20(24-6-2)18(13-17)14-25-19-10-7-15(3)8-11-19/h7-13,16H,5-6,14H2,1-4H3,(H,22,23). The summed E-state index contributed by atoms with van der Waals surface area (Å²) in [6.45, 7) is 8.93. The van der Waals surface area contributed by atoms with Gasteiger partial charge in [-0.25, -0.2) is 0 Å². The van der Waals surface area contributed by atoms with E-state index in [9.17, 15) is 4.79 Å². The van der Waals surface area contributed by atoms with Crippen molar-refractivity contribution in [3.63, 3.8) is 0 Å². The zero-order valence-electron chi connectivity index (χ0n) is 15.5. The third-order valence-electron chi connectivity index (χ3n) is 4.03. The van der Waals surface area contributed by atoms with Crippen LogP contribution in [0.3, 0.4) is 0 Å². The highest BCUT2D eigenvalue weighted by atomic mass is 16.5. The lowest BCUT2D eigenvalue weighted by atomic mass is 10.1. The van der Waals surface area contributed by atoms with Gasteiger partial charge in [0.1, 0.15) is 18.1 Å². The van der Waals surface area contributed by atoms with Crippen LogP contribution in [0.1, 0.15) is 48.7 Å². The average molecular weight is 341 g/mol. The minimum atomic E-state index is -0.0750. The van der Waals surface area contributed by atoms with Crippen LogP contribution in [0.5, 0.6) is 11.5 Å². The molecule has 1 atom stereocenters. The SMILES string of the molecule is CCOc1ccc(C(=O)NC(C)CC)cc1COc1ccc(C)cc1. The summed E-state index contributed by atoms with van der Waals surface area (Å²) >= 11 is 0. The van der Waals surface area contributed by atoms with Crippen molar-refractivity contribution in [1.29, 1.82) is 0 Å². The quantitative estimate of drug-likeness (QED) is 0.769. The Labute approximate surface area is 150 Å². The van der Waals surface area contributed by atoms with Gasteiger partial charge >= 0.3 is 0 Å². The maximum atomic E-state index is 12.4. The van der Waals surface area contributed by atoms with Crippen LogP contribution in [-0.4, -0.2) is 18.6 Å². The number of ether oxygens (including phenoxy) is 2. The second-order valence-electron chi connectivity index (χ2n) is 6.14. The van der Waals surface area contributed by atoms with Gasteiger partial charge in [-0.2, -0.15) is 0 Å². The first-order valence-corrected chi connectivity index (χ1v) is 8.79. The van der Waals surface area contributed by atoms with E-state index in [2.05, 4.69) is 5.32 Å². The van der Waals surface area contributed by atoms with Crippen LogP contribution >= 0.6 is 0 Å². The zero-order chi connectivity index (χ0) is 18.2. The van der Waals surface area contributed by atoms with Crippen LogP contribution in [0.25, 0.3) is 0 Å². The number of amides is 1. The van der Waals surface area contributed by atoms with Crippen LogP contribution in [-0.2, 0) is 6.61 Å². The summed E-state index contributed by atoms with van der Waals surface area (Å²) in [5.74, 6) is 1.46. The molecular weight excluding hydrogens is 314 g/mol. The molecule has 0 bridgehead atoms. The molecule has 0 saturated carbocycles. The van der Waals surface area contributed by atoms with E-state index in [0.29, 0.717) is 18.8 Å². The maximum Gasteiger partial charge on any atom is 0.251 e. The summed E-state index contributed by atoms with van der Waals surface area (Å²) in [5, 5.41) is 2.98. The molecule has 0 heterocycles. The lowest BCUT2D eigenvalue weighted by Crippen LogP contribution is -2.32. The Hall–Kier alpha value is -2.49. The number of aryl methyl sites for hydroxylation is 1. The molecule has 0 fully saturated rings. The van der Waals surface area contributed by atoms with Crippen molar-refractivity contribution in [2.24, 2.45) is 0 Å². The van der Waals surface area contributed by atoms with Crippen LogP contribution in [0.15, 0.2) is 42.5 Å². The van der Waals surface area contributed by atoms with Crippen molar-refractivity contribution < 1.29 is 14.3 Å². The summed E-state index contributed by atoms with van der Waals surface area (Å²) in [7, 11) is 0. The van der Waals surface area contributed by atoms with E-state index in [1.165, 1.54) is 5.56 Å². The molecule has 0 aromatic heterocycles. The second-order valence-corrected chi connectivity index (χ2v) is 6.14. The fraction of sp³-hybridized carbons (Fsp3) is 0.381. The Morgan fingerprint density at radius 3 is 2.44 bits per heavy atom. The molecule has 2 rings (SSSR count). The molecule has 2 aromatic rings. The van der Waals surface area contributed by atoms with Crippen LogP contribution < -0.4 is 14.8 Å². The van der Waals surface area contributed by atoms with Gasteiger partial charge in [-0.1, -0.05) is 24.6 Å². The Kier molecular flexibility index (Phi) is 6.87. The molecule has 2 aromatic carbocycles. The topological polar surface area (TPSA) is 47.6 Å². The van der Waals surface area contributed by atoms with Gasteiger partial charge in [-0.05, 0) is 57.5 Å². The van der Waals surface area contributed by atoms with Crippen LogP contribution in [0.2, 0.25) is 0 Å². The summed E-state index contributed by atoms with van der Waals surface area (Å²) < 4.78 is 11.5. The lowest BCUT2D eigenvalue weighted by Gasteiger charge is -2.15. The van der Waals surface area contributed by atoms with E-state index in [4.69, 9.17) is 9.47 Å². The monoisotopic (exact) mass is 341 g/mol. The Morgan fingerprint density at radius 1 is 1.08 bits per heavy atom. The van der Waals surface area contributed by atoms with E-state index < -0.39 is 0 Å². The van der Waals surface area contributed by atoms with E-state index in [1.54, 1.807) is 6.07 Å². The third kappa shape index (κ3) is 5.52. The summed E-state index contributed by atoms with van der Waals surface area (Å²) in [6, 6.07) is 13.5. The molecule has 1 N–H and O–H groups in total. The number of hydrogen-bond acceptors (Lipinski definition) is 3. The van der Waals surface area contributed by atoms with Gasteiger partial charge in [0, 0.05) is 17.2 Å². The number of carbonyl (C=O) groups excluding carboxylic acids is 1. The third-order valence-corrected chi connectivity index (χ3v) is 4.03. The molecule has 0 saturated heterocycles. The first kappa shape index (κ1) is 18.8. The van der Waals surface area contributed by atoms with Crippen molar-refractivity contribution in [3.8, 4) is 11.5 Å².